The van der Waals surface area contributed by atoms with Crippen LogP contribution in [0.4, 0.5) is 0 Å². The van der Waals surface area contributed by atoms with Gasteiger partial charge in [0.05, 0.1) is 13.1 Å². The van der Waals surface area contributed by atoms with E-state index >= 15 is 0 Å². The molecule has 1 N–H and O–H groups in total. The Morgan fingerprint density at radius 3 is 3.00 bits per heavy atom. The standard InChI is InChI=1S/C15H26N2OS/c1-11(2)16-8-15-12(3)7-14(18-15)10-17-5-6-19-13(4)9-17/h7,11,13,16H,5-6,8-10H2,1-4H3. The molecule has 0 amide bonds. The highest BCUT2D eigenvalue weighted by atomic mass is 32.2. The van der Waals surface area contributed by atoms with Gasteiger partial charge in [0.25, 0.3) is 0 Å². The first-order valence-corrected chi connectivity index (χ1v) is 8.25. The van der Waals surface area contributed by atoms with Gasteiger partial charge in [-0.05, 0) is 18.6 Å². The van der Waals surface area contributed by atoms with E-state index in [1.807, 2.05) is 0 Å². The maximum atomic E-state index is 5.99. The van der Waals surface area contributed by atoms with Crippen molar-refractivity contribution < 1.29 is 4.42 Å². The van der Waals surface area contributed by atoms with E-state index in [2.05, 4.69) is 55.7 Å². The number of thioether (sulfide) groups is 1. The van der Waals surface area contributed by atoms with E-state index < -0.39 is 0 Å². The third-order valence-corrected chi connectivity index (χ3v) is 4.58. The van der Waals surface area contributed by atoms with Gasteiger partial charge in [-0.2, -0.15) is 11.8 Å². The Labute approximate surface area is 121 Å². The van der Waals surface area contributed by atoms with Crippen LogP contribution < -0.4 is 5.32 Å². The van der Waals surface area contributed by atoms with E-state index in [0.29, 0.717) is 6.04 Å². The van der Waals surface area contributed by atoms with Crippen LogP contribution in [0.1, 0.15) is 37.9 Å². The molecule has 108 valence electrons. The van der Waals surface area contributed by atoms with Crippen molar-refractivity contribution in [3.05, 3.63) is 23.2 Å². The summed E-state index contributed by atoms with van der Waals surface area (Å²) in [7, 11) is 0. The lowest BCUT2D eigenvalue weighted by Crippen LogP contribution is -2.35. The van der Waals surface area contributed by atoms with Gasteiger partial charge < -0.3 is 9.73 Å². The molecule has 3 nitrogen and oxygen atoms in total. The molecule has 0 saturated carbocycles. The molecule has 0 radical (unpaired) electrons. The summed E-state index contributed by atoms with van der Waals surface area (Å²) < 4.78 is 5.99. The molecule has 2 rings (SSSR count). The van der Waals surface area contributed by atoms with E-state index in [0.717, 1.165) is 29.9 Å². The predicted molar refractivity (Wildman–Crippen MR) is 82.6 cm³/mol. The van der Waals surface area contributed by atoms with E-state index in [4.69, 9.17) is 4.42 Å². The minimum atomic E-state index is 0.493. The molecule has 1 aromatic heterocycles. The molecule has 1 aromatic rings. The summed E-state index contributed by atoms with van der Waals surface area (Å²) in [4.78, 5) is 2.50. The van der Waals surface area contributed by atoms with Gasteiger partial charge in [-0.1, -0.05) is 20.8 Å². The van der Waals surface area contributed by atoms with Gasteiger partial charge in [0, 0.05) is 30.1 Å². The van der Waals surface area contributed by atoms with Gasteiger partial charge in [-0.3, -0.25) is 4.90 Å². The number of rotatable bonds is 5. The second-order valence-corrected chi connectivity index (χ2v) is 7.32. The Balaban J connectivity index is 1.91. The van der Waals surface area contributed by atoms with Gasteiger partial charge in [-0.15, -0.1) is 0 Å². The minimum absolute atomic E-state index is 0.493. The van der Waals surface area contributed by atoms with Crippen molar-refractivity contribution in [3.8, 4) is 0 Å². The zero-order chi connectivity index (χ0) is 13.8. The Morgan fingerprint density at radius 2 is 2.32 bits per heavy atom. The van der Waals surface area contributed by atoms with E-state index in [1.54, 1.807) is 0 Å². The average Bonchev–Trinajstić information content (AvgIpc) is 2.67. The number of nitrogens with zero attached hydrogens (tertiary/aromatic N) is 1. The molecule has 1 atom stereocenters. The fourth-order valence-electron chi connectivity index (χ4n) is 2.40. The van der Waals surface area contributed by atoms with Crippen molar-refractivity contribution in [1.82, 2.24) is 10.2 Å². The zero-order valence-corrected chi connectivity index (χ0v) is 13.3. The molecular formula is C15H26N2OS. The van der Waals surface area contributed by atoms with Gasteiger partial charge in [0.2, 0.25) is 0 Å². The monoisotopic (exact) mass is 282 g/mol. The topological polar surface area (TPSA) is 28.4 Å². The van der Waals surface area contributed by atoms with Crippen LogP contribution in [0.2, 0.25) is 0 Å². The zero-order valence-electron chi connectivity index (χ0n) is 12.5. The van der Waals surface area contributed by atoms with Gasteiger partial charge in [0.15, 0.2) is 0 Å². The van der Waals surface area contributed by atoms with Crippen LogP contribution in [-0.4, -0.2) is 35.0 Å². The summed E-state index contributed by atoms with van der Waals surface area (Å²) in [6, 6.07) is 2.69. The third-order valence-electron chi connectivity index (χ3n) is 3.45. The molecule has 1 fully saturated rings. The van der Waals surface area contributed by atoms with Gasteiger partial charge in [-0.25, -0.2) is 0 Å². The van der Waals surface area contributed by atoms with E-state index in [-0.39, 0.29) is 0 Å². The fraction of sp³-hybridized carbons (Fsp3) is 0.733. The maximum absolute atomic E-state index is 5.99. The lowest BCUT2D eigenvalue weighted by Gasteiger charge is -2.29. The number of nitrogens with one attached hydrogen (secondary N) is 1. The van der Waals surface area contributed by atoms with Crippen molar-refractivity contribution in [2.45, 2.75) is 52.1 Å². The lowest BCUT2D eigenvalue weighted by molar-refractivity contribution is 0.251. The molecular weight excluding hydrogens is 256 g/mol. The van der Waals surface area contributed by atoms with E-state index in [9.17, 15) is 0 Å². The van der Waals surface area contributed by atoms with Crippen molar-refractivity contribution in [1.29, 1.82) is 0 Å². The fourth-order valence-corrected chi connectivity index (χ4v) is 3.48. The third kappa shape index (κ3) is 4.55. The molecule has 19 heavy (non-hydrogen) atoms. The summed E-state index contributed by atoms with van der Waals surface area (Å²) in [6.45, 7) is 12.9. The Bertz CT molecular complexity index is 403. The maximum Gasteiger partial charge on any atom is 0.120 e. The second kappa shape index (κ2) is 6.82. The summed E-state index contributed by atoms with van der Waals surface area (Å²) in [5.41, 5.74) is 1.27. The Kier molecular flexibility index (Phi) is 5.37. The van der Waals surface area contributed by atoms with Crippen LogP contribution in [0.3, 0.4) is 0 Å². The smallest absolute Gasteiger partial charge is 0.120 e. The number of aryl methyl sites for hydroxylation is 1. The van der Waals surface area contributed by atoms with Crippen LogP contribution in [-0.2, 0) is 13.1 Å². The normalized spacial score (nSPS) is 21.2. The molecule has 1 unspecified atom stereocenters. The quantitative estimate of drug-likeness (QED) is 0.898. The highest BCUT2D eigenvalue weighted by Gasteiger charge is 2.18. The van der Waals surface area contributed by atoms with Crippen LogP contribution in [0, 0.1) is 6.92 Å². The Morgan fingerprint density at radius 1 is 1.53 bits per heavy atom. The first-order valence-electron chi connectivity index (χ1n) is 7.20. The minimum Gasteiger partial charge on any atom is -0.463 e. The van der Waals surface area contributed by atoms with Gasteiger partial charge >= 0.3 is 0 Å². The SMILES string of the molecule is Cc1cc(CN2CCSC(C)C2)oc1CNC(C)C. The summed E-state index contributed by atoms with van der Waals surface area (Å²) in [6.07, 6.45) is 0. The molecule has 1 aliphatic rings. The van der Waals surface area contributed by atoms with E-state index in [1.165, 1.54) is 24.4 Å². The van der Waals surface area contributed by atoms with Gasteiger partial charge in [0.1, 0.15) is 11.5 Å². The predicted octanol–water partition coefficient (Wildman–Crippen LogP) is 3.02. The number of furan rings is 1. The van der Waals surface area contributed by atoms with Crippen LogP contribution in [0.15, 0.2) is 10.5 Å². The molecule has 0 bridgehead atoms. The van der Waals surface area contributed by atoms with Crippen molar-refractivity contribution in [3.63, 3.8) is 0 Å². The number of hydrogen-bond acceptors (Lipinski definition) is 4. The van der Waals surface area contributed by atoms with Crippen molar-refractivity contribution in [2.24, 2.45) is 0 Å². The summed E-state index contributed by atoms with van der Waals surface area (Å²) in [5.74, 6) is 3.43. The Hall–Kier alpha value is -0.450. The molecule has 1 saturated heterocycles. The van der Waals surface area contributed by atoms with Crippen LogP contribution in [0.5, 0.6) is 0 Å². The molecule has 0 spiro atoms. The summed E-state index contributed by atoms with van der Waals surface area (Å²) in [5, 5.41) is 4.16. The molecule has 0 aliphatic carbocycles. The molecule has 2 heterocycles. The highest BCUT2D eigenvalue weighted by Crippen LogP contribution is 2.21. The largest absolute Gasteiger partial charge is 0.463 e. The number of hydrogen-bond donors (Lipinski definition) is 1. The lowest BCUT2D eigenvalue weighted by atomic mass is 10.2. The molecule has 1 aliphatic heterocycles. The first-order chi connectivity index (χ1) is 9.04. The van der Waals surface area contributed by atoms with Crippen LogP contribution >= 0.6 is 11.8 Å². The molecule has 4 heteroatoms. The van der Waals surface area contributed by atoms with Crippen molar-refractivity contribution >= 4 is 11.8 Å². The summed E-state index contributed by atoms with van der Waals surface area (Å²) >= 11 is 2.07. The highest BCUT2D eigenvalue weighted by molar-refractivity contribution is 7.99. The second-order valence-electron chi connectivity index (χ2n) is 5.77. The average molecular weight is 282 g/mol. The molecule has 0 aromatic carbocycles. The van der Waals surface area contributed by atoms with Crippen LogP contribution in [0.25, 0.3) is 0 Å². The van der Waals surface area contributed by atoms with Crippen molar-refractivity contribution in [2.75, 3.05) is 18.8 Å². The first kappa shape index (κ1) is 14.9.